The third kappa shape index (κ3) is 3.84. The van der Waals surface area contributed by atoms with Crippen molar-refractivity contribution in [2.24, 2.45) is 5.92 Å². The number of piperidine rings is 1. The van der Waals surface area contributed by atoms with Gasteiger partial charge in [-0.25, -0.2) is 4.98 Å². The number of hydrogen-bond acceptors (Lipinski definition) is 6. The van der Waals surface area contributed by atoms with Crippen molar-refractivity contribution in [3.8, 4) is 5.82 Å². The van der Waals surface area contributed by atoms with Gasteiger partial charge in [0.1, 0.15) is 11.6 Å². The first-order valence-electron chi connectivity index (χ1n) is 9.10. The number of hydrogen-bond donors (Lipinski definition) is 1. The third-order valence-electron chi connectivity index (χ3n) is 4.84. The molecule has 4 rings (SSSR count). The van der Waals surface area contributed by atoms with E-state index in [-0.39, 0.29) is 11.8 Å². The van der Waals surface area contributed by atoms with Gasteiger partial charge < -0.3 is 14.6 Å². The van der Waals surface area contributed by atoms with Crippen LogP contribution in [-0.4, -0.2) is 38.7 Å². The van der Waals surface area contributed by atoms with Crippen molar-refractivity contribution in [3.05, 3.63) is 54.5 Å². The van der Waals surface area contributed by atoms with Crippen molar-refractivity contribution >= 4 is 11.7 Å². The lowest BCUT2D eigenvalue weighted by Gasteiger charge is -2.32. The van der Waals surface area contributed by atoms with Crippen molar-refractivity contribution in [2.45, 2.75) is 26.3 Å². The maximum Gasteiger partial charge on any atom is 0.225 e. The molecule has 0 aliphatic carbocycles. The molecule has 1 atom stereocenters. The molecule has 3 aromatic rings. The Labute approximate surface area is 157 Å². The molecule has 0 aromatic carbocycles. The molecule has 8 nitrogen and oxygen atoms in total. The number of amides is 1. The number of carbonyl (C=O) groups is 1. The van der Waals surface area contributed by atoms with Crippen LogP contribution >= 0.6 is 0 Å². The van der Waals surface area contributed by atoms with Crippen molar-refractivity contribution in [1.29, 1.82) is 0 Å². The molecule has 1 aliphatic rings. The van der Waals surface area contributed by atoms with Gasteiger partial charge in [-0.2, -0.15) is 0 Å². The molecule has 0 radical (unpaired) electrons. The normalized spacial score (nSPS) is 17.1. The average molecular weight is 366 g/mol. The zero-order valence-corrected chi connectivity index (χ0v) is 15.2. The Morgan fingerprint density at radius 3 is 2.85 bits per heavy atom. The van der Waals surface area contributed by atoms with E-state index >= 15 is 0 Å². The number of nitrogens with zero attached hydrogens (tertiary/aromatic N) is 5. The fourth-order valence-corrected chi connectivity index (χ4v) is 3.37. The minimum absolute atomic E-state index is 0.0507. The lowest BCUT2D eigenvalue weighted by Crippen LogP contribution is -2.43. The quantitative estimate of drug-likeness (QED) is 0.744. The largest absolute Gasteiger partial charge is 0.467 e. The first-order chi connectivity index (χ1) is 13.2. The molecule has 140 valence electrons. The summed E-state index contributed by atoms with van der Waals surface area (Å²) in [5, 5.41) is 11.6. The summed E-state index contributed by atoms with van der Waals surface area (Å²) in [5.41, 5.74) is 0. The fourth-order valence-electron chi connectivity index (χ4n) is 3.37. The average Bonchev–Trinajstić information content (AvgIpc) is 3.38. The number of anilines is 1. The van der Waals surface area contributed by atoms with E-state index in [4.69, 9.17) is 4.42 Å². The molecule has 1 saturated heterocycles. The summed E-state index contributed by atoms with van der Waals surface area (Å²) < 4.78 is 7.15. The van der Waals surface area contributed by atoms with Gasteiger partial charge in [-0.3, -0.25) is 9.36 Å². The SMILES string of the molecule is Cc1nccn1-c1ccc(N2CCCC(C(=O)NCc3ccco3)C2)nn1. The highest BCUT2D eigenvalue weighted by atomic mass is 16.3. The number of rotatable bonds is 5. The van der Waals surface area contributed by atoms with E-state index in [9.17, 15) is 4.79 Å². The second-order valence-corrected chi connectivity index (χ2v) is 6.68. The number of carbonyl (C=O) groups excluding carboxylic acids is 1. The van der Waals surface area contributed by atoms with E-state index in [1.165, 1.54) is 0 Å². The van der Waals surface area contributed by atoms with E-state index in [0.717, 1.165) is 42.6 Å². The molecular weight excluding hydrogens is 344 g/mol. The molecule has 1 aliphatic heterocycles. The third-order valence-corrected chi connectivity index (χ3v) is 4.84. The number of aryl methyl sites for hydroxylation is 1. The Morgan fingerprint density at radius 1 is 1.30 bits per heavy atom. The van der Waals surface area contributed by atoms with E-state index in [1.807, 2.05) is 42.0 Å². The molecule has 1 amide bonds. The van der Waals surface area contributed by atoms with Gasteiger partial charge in [0.2, 0.25) is 5.91 Å². The lowest BCUT2D eigenvalue weighted by atomic mass is 9.97. The molecule has 8 heteroatoms. The Morgan fingerprint density at radius 2 is 2.15 bits per heavy atom. The smallest absolute Gasteiger partial charge is 0.225 e. The van der Waals surface area contributed by atoms with Gasteiger partial charge >= 0.3 is 0 Å². The molecule has 0 spiro atoms. The second kappa shape index (κ2) is 7.61. The number of furan rings is 1. The molecule has 0 saturated carbocycles. The number of imidazole rings is 1. The van der Waals surface area contributed by atoms with Crippen LogP contribution in [-0.2, 0) is 11.3 Å². The van der Waals surface area contributed by atoms with E-state index in [0.29, 0.717) is 13.1 Å². The summed E-state index contributed by atoms with van der Waals surface area (Å²) in [5.74, 6) is 3.13. The van der Waals surface area contributed by atoms with Crippen molar-refractivity contribution < 1.29 is 9.21 Å². The topological polar surface area (TPSA) is 89.1 Å². The van der Waals surface area contributed by atoms with Gasteiger partial charge in [0, 0.05) is 25.5 Å². The van der Waals surface area contributed by atoms with Crippen LogP contribution in [0.4, 0.5) is 5.82 Å². The molecule has 3 aromatic heterocycles. The van der Waals surface area contributed by atoms with E-state index in [1.54, 1.807) is 12.5 Å². The van der Waals surface area contributed by atoms with Gasteiger partial charge in [-0.05, 0) is 44.0 Å². The van der Waals surface area contributed by atoms with Crippen LogP contribution in [0.1, 0.15) is 24.4 Å². The molecular formula is C19H22N6O2. The van der Waals surface area contributed by atoms with Crippen LogP contribution in [0.15, 0.2) is 47.3 Å². The van der Waals surface area contributed by atoms with Crippen LogP contribution < -0.4 is 10.2 Å². The van der Waals surface area contributed by atoms with Crippen LogP contribution in [0, 0.1) is 12.8 Å². The van der Waals surface area contributed by atoms with Gasteiger partial charge in [0.15, 0.2) is 11.6 Å². The van der Waals surface area contributed by atoms with Crippen LogP contribution in [0.3, 0.4) is 0 Å². The monoisotopic (exact) mass is 366 g/mol. The predicted molar refractivity (Wildman–Crippen MR) is 99.4 cm³/mol. The highest BCUT2D eigenvalue weighted by Gasteiger charge is 2.26. The predicted octanol–water partition coefficient (Wildman–Crippen LogP) is 2.10. The Kier molecular flexibility index (Phi) is 4.86. The Balaban J connectivity index is 1.39. The summed E-state index contributed by atoms with van der Waals surface area (Å²) >= 11 is 0. The minimum atomic E-state index is -0.0638. The standard InChI is InChI=1S/C19H22N6O2/c1-14-20-8-10-25(14)18-7-6-17(22-23-18)24-9-2-4-15(13-24)19(26)21-12-16-5-3-11-27-16/h3,5-8,10-11,15H,2,4,9,12-13H2,1H3,(H,21,26). The van der Waals surface area contributed by atoms with Gasteiger partial charge in [-0.1, -0.05) is 0 Å². The first kappa shape index (κ1) is 17.3. The summed E-state index contributed by atoms with van der Waals surface area (Å²) in [6, 6.07) is 7.55. The zero-order chi connectivity index (χ0) is 18.6. The van der Waals surface area contributed by atoms with Crippen molar-refractivity contribution in [3.63, 3.8) is 0 Å². The highest BCUT2D eigenvalue weighted by Crippen LogP contribution is 2.22. The molecule has 1 unspecified atom stereocenters. The summed E-state index contributed by atoms with van der Waals surface area (Å²) in [4.78, 5) is 18.8. The van der Waals surface area contributed by atoms with Gasteiger partial charge in [0.05, 0.1) is 18.7 Å². The van der Waals surface area contributed by atoms with Gasteiger partial charge in [-0.15, -0.1) is 10.2 Å². The van der Waals surface area contributed by atoms with Crippen molar-refractivity contribution in [2.75, 3.05) is 18.0 Å². The summed E-state index contributed by atoms with van der Waals surface area (Å²) in [7, 11) is 0. The first-order valence-corrected chi connectivity index (χ1v) is 9.10. The fraction of sp³-hybridized carbons (Fsp3) is 0.368. The molecule has 0 bridgehead atoms. The van der Waals surface area contributed by atoms with E-state index < -0.39 is 0 Å². The molecule has 4 heterocycles. The molecule has 27 heavy (non-hydrogen) atoms. The summed E-state index contributed by atoms with van der Waals surface area (Å²) in [6.45, 7) is 3.86. The number of nitrogens with one attached hydrogen (secondary N) is 1. The Hall–Kier alpha value is -3.16. The molecule has 1 fully saturated rings. The second-order valence-electron chi connectivity index (χ2n) is 6.68. The Bertz CT molecular complexity index is 887. The maximum atomic E-state index is 12.5. The van der Waals surface area contributed by atoms with Crippen molar-refractivity contribution in [1.82, 2.24) is 25.1 Å². The lowest BCUT2D eigenvalue weighted by molar-refractivity contribution is -0.125. The minimum Gasteiger partial charge on any atom is -0.467 e. The molecule has 1 N–H and O–H groups in total. The number of aromatic nitrogens is 4. The summed E-state index contributed by atoms with van der Waals surface area (Å²) in [6.07, 6.45) is 7.03. The van der Waals surface area contributed by atoms with E-state index in [2.05, 4.69) is 25.4 Å². The maximum absolute atomic E-state index is 12.5. The zero-order valence-electron chi connectivity index (χ0n) is 15.2. The van der Waals surface area contributed by atoms with Crippen LogP contribution in [0.2, 0.25) is 0 Å². The van der Waals surface area contributed by atoms with Crippen LogP contribution in [0.5, 0.6) is 0 Å². The highest BCUT2D eigenvalue weighted by molar-refractivity contribution is 5.79. The van der Waals surface area contributed by atoms with Crippen LogP contribution in [0.25, 0.3) is 5.82 Å². The van der Waals surface area contributed by atoms with Gasteiger partial charge in [0.25, 0.3) is 0 Å².